The van der Waals surface area contributed by atoms with Gasteiger partial charge in [-0.1, -0.05) is 24.3 Å². The maximum absolute atomic E-state index is 5.45. The normalized spacial score (nSPS) is 10.2. The number of methoxy groups -OCH3 is 1. The van der Waals surface area contributed by atoms with E-state index in [1.54, 1.807) is 7.11 Å². The van der Waals surface area contributed by atoms with Gasteiger partial charge in [-0.25, -0.2) is 0 Å². The predicted molar refractivity (Wildman–Crippen MR) is 49.9 cm³/mol. The van der Waals surface area contributed by atoms with Crippen LogP contribution in [-0.2, 0) is 17.8 Å². The fourth-order valence-electron chi connectivity index (χ4n) is 1.21. The number of rotatable bonds is 4. The van der Waals surface area contributed by atoms with Gasteiger partial charge in [0.25, 0.3) is 0 Å². The minimum Gasteiger partial charge on any atom is -0.380 e. The van der Waals surface area contributed by atoms with Crippen molar-refractivity contribution >= 4 is 0 Å². The molecular formula is C10H15NO. The molecule has 0 spiro atoms. The third-order valence-corrected chi connectivity index (χ3v) is 1.74. The van der Waals surface area contributed by atoms with E-state index in [0.717, 1.165) is 6.42 Å². The number of ether oxygens (including phenoxy) is 1. The molecule has 0 aliphatic heterocycles. The van der Waals surface area contributed by atoms with Crippen molar-refractivity contribution in [3.8, 4) is 0 Å². The van der Waals surface area contributed by atoms with Crippen LogP contribution in [0.5, 0.6) is 0 Å². The van der Waals surface area contributed by atoms with Gasteiger partial charge >= 0.3 is 0 Å². The number of benzene rings is 1. The highest BCUT2D eigenvalue weighted by Crippen LogP contribution is 2.06. The molecule has 12 heavy (non-hydrogen) atoms. The van der Waals surface area contributed by atoms with E-state index in [1.807, 2.05) is 6.07 Å². The molecule has 66 valence electrons. The summed E-state index contributed by atoms with van der Waals surface area (Å²) in [5.74, 6) is 0. The third kappa shape index (κ3) is 2.64. The van der Waals surface area contributed by atoms with Crippen LogP contribution in [0.3, 0.4) is 0 Å². The van der Waals surface area contributed by atoms with Gasteiger partial charge in [0.2, 0.25) is 0 Å². The van der Waals surface area contributed by atoms with E-state index in [4.69, 9.17) is 10.5 Å². The highest BCUT2D eigenvalue weighted by Gasteiger charge is 1.93. The van der Waals surface area contributed by atoms with Crippen LogP contribution in [0.15, 0.2) is 24.3 Å². The molecule has 0 heterocycles. The lowest BCUT2D eigenvalue weighted by molar-refractivity contribution is 0.185. The van der Waals surface area contributed by atoms with Crippen LogP contribution in [0.1, 0.15) is 11.1 Å². The monoisotopic (exact) mass is 165 g/mol. The molecule has 1 rings (SSSR count). The van der Waals surface area contributed by atoms with Gasteiger partial charge < -0.3 is 10.5 Å². The minimum absolute atomic E-state index is 0.679. The van der Waals surface area contributed by atoms with Gasteiger partial charge in [-0.05, 0) is 24.1 Å². The van der Waals surface area contributed by atoms with Crippen molar-refractivity contribution in [2.45, 2.75) is 13.0 Å². The summed E-state index contributed by atoms with van der Waals surface area (Å²) in [6.45, 7) is 1.38. The molecule has 0 aliphatic rings. The third-order valence-electron chi connectivity index (χ3n) is 1.74. The maximum Gasteiger partial charge on any atom is 0.0713 e. The lowest BCUT2D eigenvalue weighted by Gasteiger charge is -2.02. The van der Waals surface area contributed by atoms with Crippen LogP contribution >= 0.6 is 0 Å². The molecule has 0 saturated carbocycles. The zero-order valence-electron chi connectivity index (χ0n) is 7.42. The van der Waals surface area contributed by atoms with Gasteiger partial charge in [0.05, 0.1) is 6.61 Å². The van der Waals surface area contributed by atoms with Crippen LogP contribution in [0.25, 0.3) is 0 Å². The summed E-state index contributed by atoms with van der Waals surface area (Å²) >= 11 is 0. The second-order valence-corrected chi connectivity index (χ2v) is 2.79. The summed E-state index contributed by atoms with van der Waals surface area (Å²) in [5.41, 5.74) is 7.95. The molecule has 2 N–H and O–H groups in total. The minimum atomic E-state index is 0.679. The van der Waals surface area contributed by atoms with E-state index in [-0.39, 0.29) is 0 Å². The Labute approximate surface area is 73.3 Å². The number of hydrogen-bond acceptors (Lipinski definition) is 2. The molecule has 0 radical (unpaired) electrons. The average Bonchev–Trinajstić information content (AvgIpc) is 2.06. The highest BCUT2D eigenvalue weighted by atomic mass is 16.5. The van der Waals surface area contributed by atoms with Gasteiger partial charge in [-0.3, -0.25) is 0 Å². The molecular weight excluding hydrogens is 150 g/mol. The molecule has 0 atom stereocenters. The summed E-state index contributed by atoms with van der Waals surface area (Å²) in [6, 6.07) is 8.32. The molecule has 0 aliphatic carbocycles. The Balaban J connectivity index is 2.67. The van der Waals surface area contributed by atoms with Gasteiger partial charge in [0.1, 0.15) is 0 Å². The SMILES string of the molecule is COCc1cccc(CCN)c1. The topological polar surface area (TPSA) is 35.2 Å². The molecule has 0 bridgehead atoms. The number of hydrogen-bond donors (Lipinski definition) is 1. The van der Waals surface area contributed by atoms with Crippen molar-refractivity contribution in [2.75, 3.05) is 13.7 Å². The van der Waals surface area contributed by atoms with E-state index in [0.29, 0.717) is 13.2 Å². The lowest BCUT2D eigenvalue weighted by Crippen LogP contribution is -2.02. The van der Waals surface area contributed by atoms with Gasteiger partial charge in [0, 0.05) is 7.11 Å². The maximum atomic E-state index is 5.45. The van der Waals surface area contributed by atoms with E-state index in [1.165, 1.54) is 11.1 Å². The van der Waals surface area contributed by atoms with Crippen LogP contribution in [-0.4, -0.2) is 13.7 Å². The first-order chi connectivity index (χ1) is 5.86. The fourth-order valence-corrected chi connectivity index (χ4v) is 1.21. The zero-order valence-corrected chi connectivity index (χ0v) is 7.42. The van der Waals surface area contributed by atoms with Crippen molar-refractivity contribution in [3.05, 3.63) is 35.4 Å². The Morgan fingerprint density at radius 3 is 2.75 bits per heavy atom. The summed E-state index contributed by atoms with van der Waals surface area (Å²) < 4.78 is 5.03. The van der Waals surface area contributed by atoms with E-state index < -0.39 is 0 Å². The highest BCUT2D eigenvalue weighted by molar-refractivity contribution is 5.23. The van der Waals surface area contributed by atoms with Crippen molar-refractivity contribution < 1.29 is 4.74 Å². The standard InChI is InChI=1S/C10H15NO/c1-12-8-10-4-2-3-9(7-10)5-6-11/h2-4,7H,5-6,8,11H2,1H3. The Kier molecular flexibility index (Phi) is 3.77. The lowest BCUT2D eigenvalue weighted by atomic mass is 10.1. The first-order valence-corrected chi connectivity index (χ1v) is 4.13. The largest absolute Gasteiger partial charge is 0.380 e. The van der Waals surface area contributed by atoms with Crippen LogP contribution in [0.2, 0.25) is 0 Å². The Bertz CT molecular complexity index is 214. The van der Waals surface area contributed by atoms with Crippen LogP contribution in [0, 0.1) is 0 Å². The molecule has 2 heteroatoms. The first kappa shape index (κ1) is 9.23. The van der Waals surface area contributed by atoms with E-state index >= 15 is 0 Å². The molecule has 0 fully saturated rings. The average molecular weight is 165 g/mol. The Hall–Kier alpha value is -0.860. The molecule has 0 unspecified atom stereocenters. The van der Waals surface area contributed by atoms with E-state index in [9.17, 15) is 0 Å². The summed E-state index contributed by atoms with van der Waals surface area (Å²) in [5, 5.41) is 0. The van der Waals surface area contributed by atoms with Gasteiger partial charge in [-0.2, -0.15) is 0 Å². The van der Waals surface area contributed by atoms with Crippen molar-refractivity contribution in [3.63, 3.8) is 0 Å². The summed E-state index contributed by atoms with van der Waals surface area (Å²) in [6.07, 6.45) is 0.942. The second kappa shape index (κ2) is 4.91. The van der Waals surface area contributed by atoms with Gasteiger partial charge in [0.15, 0.2) is 0 Å². The quantitative estimate of drug-likeness (QED) is 0.730. The smallest absolute Gasteiger partial charge is 0.0713 e. The fraction of sp³-hybridized carbons (Fsp3) is 0.400. The van der Waals surface area contributed by atoms with Crippen molar-refractivity contribution in [2.24, 2.45) is 5.73 Å². The summed E-state index contributed by atoms with van der Waals surface area (Å²) in [4.78, 5) is 0. The zero-order chi connectivity index (χ0) is 8.81. The van der Waals surface area contributed by atoms with E-state index in [2.05, 4.69) is 18.2 Å². The molecule has 0 saturated heterocycles. The summed E-state index contributed by atoms with van der Waals surface area (Å²) in [7, 11) is 1.70. The van der Waals surface area contributed by atoms with Crippen LogP contribution < -0.4 is 5.73 Å². The molecule has 0 amide bonds. The predicted octanol–water partition coefficient (Wildman–Crippen LogP) is 1.33. The second-order valence-electron chi connectivity index (χ2n) is 2.79. The Morgan fingerprint density at radius 1 is 1.33 bits per heavy atom. The van der Waals surface area contributed by atoms with Crippen LogP contribution in [0.4, 0.5) is 0 Å². The van der Waals surface area contributed by atoms with Crippen molar-refractivity contribution in [1.82, 2.24) is 0 Å². The molecule has 1 aromatic carbocycles. The number of nitrogens with two attached hydrogens (primary N) is 1. The molecule has 2 nitrogen and oxygen atoms in total. The van der Waals surface area contributed by atoms with Crippen molar-refractivity contribution in [1.29, 1.82) is 0 Å². The molecule has 1 aromatic rings. The van der Waals surface area contributed by atoms with Gasteiger partial charge in [-0.15, -0.1) is 0 Å². The molecule has 0 aromatic heterocycles. The Morgan fingerprint density at radius 2 is 2.08 bits per heavy atom. The first-order valence-electron chi connectivity index (χ1n) is 4.13.